The van der Waals surface area contributed by atoms with Gasteiger partial charge in [0.25, 0.3) is 0 Å². The first-order chi connectivity index (χ1) is 6.81. The lowest BCUT2D eigenvalue weighted by Crippen LogP contribution is -2.22. The van der Waals surface area contributed by atoms with Crippen molar-refractivity contribution in [3.8, 4) is 5.75 Å². The lowest BCUT2D eigenvalue weighted by atomic mass is 10.3. The van der Waals surface area contributed by atoms with Crippen LogP contribution in [0, 0.1) is 6.07 Å². The van der Waals surface area contributed by atoms with Gasteiger partial charge in [0.2, 0.25) is 0 Å². The van der Waals surface area contributed by atoms with Crippen molar-refractivity contribution >= 4 is 0 Å². The molecule has 0 aliphatic carbocycles. The second-order valence-corrected chi connectivity index (χ2v) is 2.59. The molecule has 14 heavy (non-hydrogen) atoms. The van der Waals surface area contributed by atoms with Gasteiger partial charge in [0.15, 0.2) is 6.10 Å². The van der Waals surface area contributed by atoms with E-state index in [0.29, 0.717) is 0 Å². The van der Waals surface area contributed by atoms with Crippen molar-refractivity contribution in [3.63, 3.8) is 0 Å². The summed E-state index contributed by atoms with van der Waals surface area (Å²) in [5, 5.41) is 8.83. The number of nitrogens with zero attached hydrogens (tertiary/aromatic N) is 1. The van der Waals surface area contributed by atoms with Crippen LogP contribution in [0.2, 0.25) is 0 Å². The summed E-state index contributed by atoms with van der Waals surface area (Å²) in [5.41, 5.74) is 0.246. The summed E-state index contributed by atoms with van der Waals surface area (Å²) in [5.74, 6) is 0.162. The van der Waals surface area contributed by atoms with Crippen LogP contribution < -0.4 is 4.74 Å². The van der Waals surface area contributed by atoms with Crippen LogP contribution in [0.25, 0.3) is 0 Å². The monoisotopic (exact) mass is 202 g/mol. The molecule has 0 aliphatic rings. The van der Waals surface area contributed by atoms with Crippen LogP contribution in [0.1, 0.15) is 5.69 Å². The van der Waals surface area contributed by atoms with Gasteiger partial charge in [0.05, 0.1) is 6.61 Å². The zero-order valence-electron chi connectivity index (χ0n) is 7.41. The number of hydrogen-bond donors (Lipinski definition) is 1. The molecule has 0 saturated carbocycles. The fourth-order valence-electron chi connectivity index (χ4n) is 0.880. The summed E-state index contributed by atoms with van der Waals surface area (Å²) >= 11 is 0. The second-order valence-electron chi connectivity index (χ2n) is 2.59. The maximum atomic E-state index is 12.1. The van der Waals surface area contributed by atoms with Gasteiger partial charge in [-0.3, -0.25) is 4.98 Å². The first-order valence-corrected chi connectivity index (χ1v) is 4.06. The number of aliphatic hydroxyl groups is 1. The molecule has 1 heterocycles. The first kappa shape index (κ1) is 10.8. The van der Waals surface area contributed by atoms with E-state index in [1.54, 1.807) is 0 Å². The Morgan fingerprint density at radius 3 is 2.79 bits per heavy atom. The van der Waals surface area contributed by atoms with Gasteiger partial charge in [-0.05, 0) is 6.07 Å². The number of alkyl halides is 2. The largest absolute Gasteiger partial charge is 0.483 e. The summed E-state index contributed by atoms with van der Waals surface area (Å²) < 4.78 is 29.2. The number of aliphatic hydroxyl groups excluding tert-OH is 1. The molecular weight excluding hydrogens is 192 g/mol. The Morgan fingerprint density at radius 2 is 2.21 bits per heavy atom. The quantitative estimate of drug-likeness (QED) is 0.776. The zero-order valence-corrected chi connectivity index (χ0v) is 7.41. The Kier molecular flexibility index (Phi) is 4.25. The maximum Gasteiger partial charge on any atom is 0.155 e. The molecule has 3 nitrogen and oxygen atoms in total. The molecule has 0 bridgehead atoms. The van der Waals surface area contributed by atoms with E-state index < -0.39 is 19.5 Å². The lowest BCUT2D eigenvalue weighted by molar-refractivity contribution is 0.129. The molecule has 1 aromatic rings. The van der Waals surface area contributed by atoms with E-state index in [2.05, 4.69) is 11.1 Å². The maximum absolute atomic E-state index is 12.1. The van der Waals surface area contributed by atoms with Gasteiger partial charge >= 0.3 is 0 Å². The van der Waals surface area contributed by atoms with Crippen LogP contribution in [0.15, 0.2) is 12.3 Å². The van der Waals surface area contributed by atoms with Gasteiger partial charge in [0.1, 0.15) is 24.8 Å². The SMILES string of the molecule is OCc1nc[c]cc1OC(CF)CF. The molecule has 0 amide bonds. The fraction of sp³-hybridized carbons (Fsp3) is 0.444. The van der Waals surface area contributed by atoms with Crippen molar-refractivity contribution in [1.82, 2.24) is 4.98 Å². The molecule has 77 valence electrons. The van der Waals surface area contributed by atoms with Crippen molar-refractivity contribution in [3.05, 3.63) is 24.0 Å². The van der Waals surface area contributed by atoms with Crippen molar-refractivity contribution in [1.29, 1.82) is 0 Å². The molecule has 0 unspecified atom stereocenters. The first-order valence-electron chi connectivity index (χ1n) is 4.06. The molecular formula is C9H10F2NO2. The normalized spacial score (nSPS) is 10.6. The summed E-state index contributed by atoms with van der Waals surface area (Å²) in [6, 6.07) is 3.98. The number of ether oxygens (including phenoxy) is 1. The van der Waals surface area contributed by atoms with E-state index in [1.165, 1.54) is 12.3 Å². The topological polar surface area (TPSA) is 42.4 Å². The summed E-state index contributed by atoms with van der Waals surface area (Å²) in [6.45, 7) is -2.18. The highest BCUT2D eigenvalue weighted by Crippen LogP contribution is 2.16. The second kappa shape index (κ2) is 5.49. The molecule has 0 spiro atoms. The molecule has 1 radical (unpaired) electrons. The van der Waals surface area contributed by atoms with Crippen LogP contribution in [0.5, 0.6) is 5.75 Å². The number of pyridine rings is 1. The molecule has 5 heteroatoms. The van der Waals surface area contributed by atoms with Crippen LogP contribution in [-0.2, 0) is 6.61 Å². The van der Waals surface area contributed by atoms with Crippen molar-refractivity contribution < 1.29 is 18.6 Å². The minimum absolute atomic E-state index is 0.162. The van der Waals surface area contributed by atoms with Gasteiger partial charge in [-0.2, -0.15) is 0 Å². The Bertz CT molecular complexity index is 279. The average Bonchev–Trinajstić information content (AvgIpc) is 2.26. The molecule has 0 fully saturated rings. The van der Waals surface area contributed by atoms with Crippen LogP contribution in [0.3, 0.4) is 0 Å². The van der Waals surface area contributed by atoms with E-state index in [1.807, 2.05) is 0 Å². The van der Waals surface area contributed by atoms with Crippen molar-refractivity contribution in [2.24, 2.45) is 0 Å². The van der Waals surface area contributed by atoms with E-state index >= 15 is 0 Å². The van der Waals surface area contributed by atoms with E-state index in [-0.39, 0.29) is 18.1 Å². The molecule has 0 aliphatic heterocycles. The highest BCUT2D eigenvalue weighted by molar-refractivity contribution is 5.25. The summed E-state index contributed by atoms with van der Waals surface area (Å²) in [7, 11) is 0. The molecule has 1 rings (SSSR count). The fourth-order valence-corrected chi connectivity index (χ4v) is 0.880. The van der Waals surface area contributed by atoms with Crippen molar-refractivity contribution in [2.45, 2.75) is 12.7 Å². The average molecular weight is 202 g/mol. The third kappa shape index (κ3) is 2.63. The van der Waals surface area contributed by atoms with Gasteiger partial charge in [-0.1, -0.05) is 0 Å². The minimum Gasteiger partial charge on any atom is -0.483 e. The predicted octanol–water partition coefficient (Wildman–Crippen LogP) is 1.06. The number of aromatic nitrogens is 1. The predicted molar refractivity (Wildman–Crippen MR) is 45.4 cm³/mol. The summed E-state index contributed by atoms with van der Waals surface area (Å²) in [4.78, 5) is 3.74. The molecule has 1 N–H and O–H groups in total. The smallest absolute Gasteiger partial charge is 0.155 e. The Hall–Kier alpha value is -1.23. The highest BCUT2D eigenvalue weighted by Gasteiger charge is 2.12. The van der Waals surface area contributed by atoms with Crippen molar-refractivity contribution in [2.75, 3.05) is 13.3 Å². The van der Waals surface area contributed by atoms with Gasteiger partial charge < -0.3 is 9.84 Å². The Morgan fingerprint density at radius 1 is 1.50 bits per heavy atom. The lowest BCUT2D eigenvalue weighted by Gasteiger charge is -2.13. The van der Waals surface area contributed by atoms with Gasteiger partial charge in [-0.15, -0.1) is 0 Å². The molecule has 0 atom stereocenters. The third-order valence-corrected chi connectivity index (χ3v) is 1.58. The summed E-state index contributed by atoms with van der Waals surface area (Å²) in [6.07, 6.45) is 0.205. The molecule has 1 aromatic heterocycles. The zero-order chi connectivity index (χ0) is 10.4. The number of rotatable bonds is 5. The van der Waals surface area contributed by atoms with E-state index in [4.69, 9.17) is 9.84 Å². The van der Waals surface area contributed by atoms with Gasteiger partial charge in [-0.25, -0.2) is 8.78 Å². The van der Waals surface area contributed by atoms with Crippen LogP contribution >= 0.6 is 0 Å². The standard InChI is InChI=1S/C9H10F2NO2/c10-4-7(5-11)14-9-2-1-3-12-8(9)6-13/h2-3,7,13H,4-6H2. The van der Waals surface area contributed by atoms with E-state index in [0.717, 1.165) is 0 Å². The van der Waals surface area contributed by atoms with Gasteiger partial charge in [0, 0.05) is 12.3 Å². The highest BCUT2D eigenvalue weighted by atomic mass is 19.1. The Balaban J connectivity index is 2.74. The number of halogens is 2. The molecule has 0 aromatic carbocycles. The minimum atomic E-state index is -1.14. The number of hydrogen-bond acceptors (Lipinski definition) is 3. The van der Waals surface area contributed by atoms with E-state index in [9.17, 15) is 8.78 Å². The van der Waals surface area contributed by atoms with Crippen LogP contribution in [-0.4, -0.2) is 29.5 Å². The van der Waals surface area contributed by atoms with Crippen LogP contribution in [0.4, 0.5) is 8.78 Å². The Labute approximate surface area is 80.3 Å². The molecule has 0 saturated heterocycles. The third-order valence-electron chi connectivity index (χ3n) is 1.58.